The number of carbonyl (C=O) groups excluding carboxylic acids is 1. The van der Waals surface area contributed by atoms with Crippen LogP contribution in [0.3, 0.4) is 0 Å². The van der Waals surface area contributed by atoms with Crippen molar-refractivity contribution in [3.63, 3.8) is 0 Å². The summed E-state index contributed by atoms with van der Waals surface area (Å²) < 4.78 is 21.8. The summed E-state index contributed by atoms with van der Waals surface area (Å²) in [5.41, 5.74) is 2.29. The summed E-state index contributed by atoms with van der Waals surface area (Å²) in [5.74, 6) is 4.98. The van der Waals surface area contributed by atoms with Gasteiger partial charge < -0.3 is 19.5 Å². The van der Waals surface area contributed by atoms with Gasteiger partial charge >= 0.3 is 13.7 Å². The third-order valence-electron chi connectivity index (χ3n) is 11.5. The number of amides is 1. The predicted octanol–water partition coefficient (Wildman–Crippen LogP) is 8.27. The second kappa shape index (κ2) is 105. The van der Waals surface area contributed by atoms with Crippen molar-refractivity contribution in [2.45, 2.75) is 118 Å². The SMILES string of the molecule is CC(C)CCC[C@@H](C)[C@H]1CC[C@H]2[C@@H]3CC=C4C[C@@H](OC(=O)NCCCOP(C)(=O)O)CC[C@]4(C)[C@H]3CC[C@]12C.[Y].[Y].[Y].[Y].[Y].[Y].[Y].[Y].[Y].[Y].[Y].[Y].[Y].[Y].[Y].[Y].[Y].[Y].[Y].[Y].[Y].[Y].[Y].[Y].[Y].[Y].[Y].[Y].[Y]. The smallest absolute Gasteiger partial charge is 0.407 e. The van der Waals surface area contributed by atoms with Gasteiger partial charge in [0.25, 0.3) is 0 Å². The Kier molecular flexibility index (Phi) is 274. The van der Waals surface area contributed by atoms with Crippen molar-refractivity contribution in [3.8, 4) is 0 Å². The number of rotatable bonds is 11. The average Bonchev–Trinajstić information content (AvgIpc) is 3.20. The molecule has 3 saturated carbocycles. The Hall–Kier alpha value is 31.2. The fourth-order valence-corrected chi connectivity index (χ4v) is 9.91. The van der Waals surface area contributed by atoms with E-state index in [0.717, 1.165) is 54.8 Å². The van der Waals surface area contributed by atoms with Crippen LogP contribution in [0.15, 0.2) is 11.6 Å². The van der Waals surface area contributed by atoms with Gasteiger partial charge in [-0.25, -0.2) is 4.79 Å². The van der Waals surface area contributed by atoms with Crippen molar-refractivity contribution in [1.82, 2.24) is 5.32 Å². The Balaban J connectivity index is -0.0000000253. The number of allylic oxidation sites excluding steroid dienone is 1. The van der Waals surface area contributed by atoms with Crippen LogP contribution in [0.5, 0.6) is 0 Å². The molecule has 68 heavy (non-hydrogen) atoms. The van der Waals surface area contributed by atoms with Crippen LogP contribution in [0.4, 0.5) is 4.79 Å². The molecule has 0 saturated heterocycles. The molecular formula is C32H56NO5PY29. The Morgan fingerprint density at radius 3 is 1.50 bits per heavy atom. The van der Waals surface area contributed by atoms with Gasteiger partial charge in [-0.2, -0.15) is 0 Å². The van der Waals surface area contributed by atoms with E-state index in [0.29, 0.717) is 18.4 Å². The number of hydrogen-bond donors (Lipinski definition) is 2. The maximum Gasteiger partial charge on any atom is 0.407 e. The standard InChI is InChI=1S/C32H56NO5P.29Y/c1-22(2)9-7-10-23(3)27-13-14-28-26-12-11-24-21-25(38-30(34)33-19-8-20-37-39(6,35)36)15-17-31(24,4)29(26)16-18-32(27,28)5;;;;;;;;;;;;;;;;;;;;;;;;;;;;;/h11,22-23,25-29H,7-10,12-21H2,1-6H3,(H,33,34)(H,35,36);;;;;;;;;;;;;;;;;;;;;;;;;;;;;/t23-,25+,26+,27-,28+,29+,31+,32-;;;;;;;;;;;;;;;;;;;;;;;;;;;;;/m1............................./s1. The molecule has 0 heterocycles. The summed E-state index contributed by atoms with van der Waals surface area (Å²) in [6.07, 6.45) is 16.4. The molecule has 0 aromatic rings. The second-order valence-electron chi connectivity index (χ2n) is 14.5. The van der Waals surface area contributed by atoms with Crippen LogP contribution in [0, 0.1) is 46.3 Å². The van der Waals surface area contributed by atoms with Crippen LogP contribution in [0.25, 0.3) is 0 Å². The number of fused-ring (bicyclic) bond motifs is 5. The van der Waals surface area contributed by atoms with E-state index in [2.05, 4.69) is 46.0 Å². The van der Waals surface area contributed by atoms with Gasteiger partial charge in [0.2, 0.25) is 0 Å². The van der Waals surface area contributed by atoms with Crippen LogP contribution in [0.2, 0.25) is 0 Å². The van der Waals surface area contributed by atoms with E-state index in [1.807, 2.05) is 0 Å². The molecule has 1 amide bonds. The third-order valence-corrected chi connectivity index (χ3v) is 12.1. The quantitative estimate of drug-likeness (QED) is 0.124. The van der Waals surface area contributed by atoms with Crippen LogP contribution in [-0.2, 0) is 962 Å². The minimum Gasteiger partial charge on any atom is -0.446 e. The van der Waals surface area contributed by atoms with Crippen molar-refractivity contribution in [1.29, 1.82) is 0 Å². The van der Waals surface area contributed by atoms with E-state index in [4.69, 9.17) is 9.26 Å². The van der Waals surface area contributed by atoms with Gasteiger partial charge in [0, 0.05) is 968 Å². The number of carbonyl (C=O) groups is 1. The van der Waals surface area contributed by atoms with Gasteiger partial charge in [0.15, 0.2) is 0 Å². The molecule has 0 aromatic heterocycles. The van der Waals surface area contributed by atoms with Gasteiger partial charge in [-0.3, -0.25) is 4.57 Å². The first kappa shape index (κ1) is 179. The van der Waals surface area contributed by atoms with Crippen molar-refractivity contribution in [2.24, 2.45) is 46.3 Å². The molecule has 36 heteroatoms. The monoisotopic (exact) mass is 3140 g/mol. The molecule has 4 aliphatic carbocycles. The second-order valence-corrected chi connectivity index (χ2v) is 16.3. The maximum absolute atomic E-state index is 12.4. The molecule has 311 valence electrons. The summed E-state index contributed by atoms with van der Waals surface area (Å²) in [6, 6.07) is 0. The molecule has 0 aliphatic heterocycles. The fourth-order valence-electron chi connectivity index (χ4n) is 9.44. The first-order valence-electron chi connectivity index (χ1n) is 15.9. The summed E-state index contributed by atoms with van der Waals surface area (Å²) in [6.45, 7) is 14.1. The number of ether oxygens (including phenoxy) is 1. The molecule has 1 unspecified atom stereocenters. The van der Waals surface area contributed by atoms with Crippen molar-refractivity contribution < 1.29 is 972 Å². The molecule has 29 radical (unpaired) electrons. The van der Waals surface area contributed by atoms with Crippen molar-refractivity contribution in [2.75, 3.05) is 19.8 Å². The molecule has 0 bridgehead atoms. The summed E-state index contributed by atoms with van der Waals surface area (Å²) >= 11 is 0. The summed E-state index contributed by atoms with van der Waals surface area (Å²) in [5, 5.41) is 2.77. The molecule has 0 aromatic carbocycles. The Labute approximate surface area is 1150 Å². The third kappa shape index (κ3) is 71.4. The number of alkyl carbamates (subject to hydrolysis) is 1. The number of hydrogen-bond acceptors (Lipinski definition) is 4. The summed E-state index contributed by atoms with van der Waals surface area (Å²) in [7, 11) is -3.46. The van der Waals surface area contributed by atoms with E-state index in [9.17, 15) is 14.3 Å². The fraction of sp³-hybridized carbons (Fsp3) is 0.906. The van der Waals surface area contributed by atoms with Crippen LogP contribution >= 0.6 is 7.60 Å². The minimum atomic E-state index is -3.46. The van der Waals surface area contributed by atoms with Gasteiger partial charge in [-0.15, -0.1) is 0 Å². The van der Waals surface area contributed by atoms with E-state index < -0.39 is 13.7 Å². The Bertz CT molecular complexity index is 996. The zero-order valence-electron chi connectivity index (χ0n) is 42.3. The predicted molar refractivity (Wildman–Crippen MR) is 158 cm³/mol. The molecule has 2 N–H and O–H groups in total. The van der Waals surface area contributed by atoms with Gasteiger partial charge in [-0.05, 0) is 97.7 Å². The first-order chi connectivity index (χ1) is 18.3. The normalized spacial score (nSPS) is 21.9. The summed E-state index contributed by atoms with van der Waals surface area (Å²) in [4.78, 5) is 21.6. The largest absolute Gasteiger partial charge is 0.446 e. The van der Waals surface area contributed by atoms with Crippen LogP contribution in [0.1, 0.15) is 112 Å². The van der Waals surface area contributed by atoms with Crippen molar-refractivity contribution >= 4 is 13.7 Å². The molecule has 3 fully saturated rings. The zero-order valence-corrected chi connectivity index (χ0v) is 125. The first-order valence-corrected chi connectivity index (χ1v) is 17.9. The molecule has 0 spiro atoms. The minimum absolute atomic E-state index is 0. The molecule has 4 rings (SSSR count). The van der Waals surface area contributed by atoms with E-state index >= 15 is 0 Å². The Morgan fingerprint density at radius 1 is 0.647 bits per heavy atom. The van der Waals surface area contributed by atoms with Gasteiger partial charge in [-0.1, -0.05) is 65.5 Å². The van der Waals surface area contributed by atoms with E-state index in [1.165, 1.54) is 63.6 Å². The zero-order chi connectivity index (χ0) is 28.4. The van der Waals surface area contributed by atoms with Crippen LogP contribution < -0.4 is 5.32 Å². The molecular weight excluding hydrogens is 3090 g/mol. The van der Waals surface area contributed by atoms with E-state index in [1.54, 1.807) is 0 Å². The van der Waals surface area contributed by atoms with Gasteiger partial charge in [0.05, 0.1) is 6.61 Å². The molecule has 9 atom stereocenters. The van der Waals surface area contributed by atoms with Crippen molar-refractivity contribution in [3.05, 3.63) is 11.6 Å². The molecule has 4 aliphatic rings. The number of nitrogens with one attached hydrogen (secondary N) is 1. The topological polar surface area (TPSA) is 84.9 Å². The van der Waals surface area contributed by atoms with E-state index in [-0.39, 0.29) is 967 Å². The maximum atomic E-state index is 12.4. The average molecular weight is 3140 g/mol. The van der Waals surface area contributed by atoms with Gasteiger partial charge in [0.1, 0.15) is 6.10 Å². The van der Waals surface area contributed by atoms with Crippen LogP contribution in [-0.4, -0.2) is 36.9 Å². The Morgan fingerprint density at radius 2 is 1.09 bits per heavy atom. The molecule has 6 nitrogen and oxygen atoms in total.